The van der Waals surface area contributed by atoms with Crippen LogP contribution < -0.4 is 23.8 Å². The summed E-state index contributed by atoms with van der Waals surface area (Å²) < 4.78 is 23.4. The van der Waals surface area contributed by atoms with Crippen LogP contribution in [0.15, 0.2) is 64.5 Å². The van der Waals surface area contributed by atoms with Crippen LogP contribution in [-0.2, 0) is 15.3 Å². The van der Waals surface area contributed by atoms with Crippen molar-refractivity contribution in [3.63, 3.8) is 0 Å². The fourth-order valence-electron chi connectivity index (χ4n) is 5.07. The molecule has 0 spiro atoms. The maximum absolute atomic E-state index is 13.7. The van der Waals surface area contributed by atoms with Gasteiger partial charge in [-0.2, -0.15) is 0 Å². The summed E-state index contributed by atoms with van der Waals surface area (Å²) in [6.45, 7) is 5.21. The molecule has 4 aromatic rings. The summed E-state index contributed by atoms with van der Waals surface area (Å²) in [5.41, 5.74) is 1.52. The lowest BCUT2D eigenvalue weighted by molar-refractivity contribution is -0.132. The number of halogens is 2. The number of anilines is 1. The van der Waals surface area contributed by atoms with Crippen LogP contribution >= 0.6 is 46.3 Å². The van der Waals surface area contributed by atoms with Crippen molar-refractivity contribution in [2.45, 2.75) is 30.0 Å². The zero-order chi connectivity index (χ0) is 32.4. The fourth-order valence-corrected chi connectivity index (χ4v) is 7.49. The summed E-state index contributed by atoms with van der Waals surface area (Å²) in [6, 6.07) is 14.2. The molecule has 1 N–H and O–H groups in total. The monoisotopic (exact) mass is 699 g/mol. The minimum atomic E-state index is -1.06. The van der Waals surface area contributed by atoms with E-state index in [0.717, 1.165) is 16.9 Å². The Morgan fingerprint density at radius 2 is 1.74 bits per heavy atom. The number of Topliss-reactive ketones (excluding diaryl/α,β-unsaturated/α-hetero) is 1. The maximum Gasteiger partial charge on any atom is 0.301 e. The van der Waals surface area contributed by atoms with E-state index in [2.05, 4.69) is 10.2 Å². The van der Waals surface area contributed by atoms with Gasteiger partial charge in [0.25, 0.3) is 5.78 Å². The molecular formula is C32H27Cl2N3O7S2. The van der Waals surface area contributed by atoms with Gasteiger partial charge in [-0.1, -0.05) is 58.4 Å². The topological polar surface area (TPSA) is 120 Å². The van der Waals surface area contributed by atoms with E-state index in [0.29, 0.717) is 75.1 Å². The summed E-state index contributed by atoms with van der Waals surface area (Å²) in [5, 5.41) is 21.5. The van der Waals surface area contributed by atoms with E-state index in [9.17, 15) is 14.7 Å². The lowest BCUT2D eigenvalue weighted by Gasteiger charge is -2.24. The average molecular weight is 701 g/mol. The first-order valence-electron chi connectivity index (χ1n) is 14.3. The first kappa shape index (κ1) is 32.0. The van der Waals surface area contributed by atoms with E-state index in [-0.39, 0.29) is 22.0 Å². The number of nitrogens with zero attached hydrogens (tertiary/aromatic N) is 3. The molecule has 0 saturated carbocycles. The van der Waals surface area contributed by atoms with Crippen molar-refractivity contribution < 1.29 is 33.6 Å². The van der Waals surface area contributed by atoms with E-state index >= 15 is 0 Å². The number of ketones is 1. The molecule has 10 nitrogen and oxygen atoms in total. The summed E-state index contributed by atoms with van der Waals surface area (Å²) in [4.78, 5) is 28.7. The Labute approximate surface area is 282 Å². The minimum absolute atomic E-state index is 0.120. The van der Waals surface area contributed by atoms with Gasteiger partial charge in [0.05, 0.1) is 24.8 Å². The summed E-state index contributed by atoms with van der Waals surface area (Å²) in [6.07, 6.45) is 0. The predicted molar refractivity (Wildman–Crippen MR) is 177 cm³/mol. The third kappa shape index (κ3) is 6.35. The largest absolute Gasteiger partial charge is 0.507 e. The van der Waals surface area contributed by atoms with Crippen LogP contribution in [0.25, 0.3) is 5.76 Å². The molecule has 1 aromatic heterocycles. The molecule has 1 amide bonds. The lowest BCUT2D eigenvalue weighted by Crippen LogP contribution is -2.29. The van der Waals surface area contributed by atoms with Crippen LogP contribution in [0.5, 0.6) is 23.0 Å². The van der Waals surface area contributed by atoms with Crippen molar-refractivity contribution in [3.05, 3.63) is 86.9 Å². The number of aliphatic hydroxyl groups excluding tert-OH is 1. The van der Waals surface area contributed by atoms with E-state index < -0.39 is 17.7 Å². The first-order valence-corrected chi connectivity index (χ1v) is 16.9. The van der Waals surface area contributed by atoms with E-state index in [1.807, 2.05) is 19.9 Å². The van der Waals surface area contributed by atoms with Gasteiger partial charge in [-0.3, -0.25) is 14.5 Å². The molecule has 3 aromatic carbocycles. The number of hydrogen-bond acceptors (Lipinski definition) is 11. The number of amides is 1. The highest BCUT2D eigenvalue weighted by atomic mass is 35.5. The first-order chi connectivity index (χ1) is 22.3. The predicted octanol–water partition coefficient (Wildman–Crippen LogP) is 7.33. The number of hydrogen-bond donors (Lipinski definition) is 1. The van der Waals surface area contributed by atoms with Crippen LogP contribution in [0.3, 0.4) is 0 Å². The Hall–Kier alpha value is -3.97. The molecule has 14 heteroatoms. The van der Waals surface area contributed by atoms with Gasteiger partial charge in [-0.15, -0.1) is 10.2 Å². The van der Waals surface area contributed by atoms with E-state index in [1.54, 1.807) is 48.5 Å². The van der Waals surface area contributed by atoms with Gasteiger partial charge in [0, 0.05) is 21.4 Å². The molecule has 46 heavy (non-hydrogen) atoms. The molecule has 238 valence electrons. The summed E-state index contributed by atoms with van der Waals surface area (Å²) in [5.74, 6) is 0.261. The SMILES string of the molecule is CCOc1ccc([C@H]2/C(=C(\O)c3ccc4c(c3)OCCO4)C(=O)C(=O)N2c2nnc(SCc3ccc(Cl)cc3Cl)s2)cc1OCC. The van der Waals surface area contributed by atoms with Crippen LogP contribution in [0.4, 0.5) is 5.13 Å². The van der Waals surface area contributed by atoms with Gasteiger partial charge in [0.1, 0.15) is 19.0 Å². The highest BCUT2D eigenvalue weighted by Crippen LogP contribution is 2.46. The van der Waals surface area contributed by atoms with Crippen molar-refractivity contribution in [1.29, 1.82) is 0 Å². The lowest BCUT2D eigenvalue weighted by atomic mass is 9.95. The highest BCUT2D eigenvalue weighted by molar-refractivity contribution is 8.00. The molecule has 0 radical (unpaired) electrons. The third-order valence-corrected chi connectivity index (χ3v) is 9.80. The van der Waals surface area contributed by atoms with Crippen molar-refractivity contribution in [3.8, 4) is 23.0 Å². The Morgan fingerprint density at radius 3 is 2.50 bits per heavy atom. The summed E-state index contributed by atoms with van der Waals surface area (Å²) in [7, 11) is 0. The molecular weight excluding hydrogens is 673 g/mol. The normalized spacial score (nSPS) is 17.0. The van der Waals surface area contributed by atoms with Crippen molar-refractivity contribution >= 4 is 68.9 Å². The van der Waals surface area contributed by atoms with E-state index in [1.165, 1.54) is 16.7 Å². The Balaban J connectivity index is 1.42. The molecule has 1 atom stereocenters. The second-order valence-corrected chi connectivity index (χ2v) is 13.0. The third-order valence-electron chi connectivity index (χ3n) is 7.11. The fraction of sp³-hybridized carbons (Fsp3) is 0.250. The molecule has 3 heterocycles. The number of aromatic nitrogens is 2. The van der Waals surface area contributed by atoms with Gasteiger partial charge < -0.3 is 24.1 Å². The molecule has 0 aliphatic carbocycles. The molecule has 2 aliphatic rings. The highest BCUT2D eigenvalue weighted by Gasteiger charge is 2.48. The second-order valence-electron chi connectivity index (χ2n) is 9.97. The van der Waals surface area contributed by atoms with Crippen LogP contribution in [0, 0.1) is 0 Å². The molecule has 0 bridgehead atoms. The number of rotatable bonds is 10. The number of carbonyl (C=O) groups excluding carboxylic acids is 2. The molecule has 2 aliphatic heterocycles. The molecule has 6 rings (SSSR count). The van der Waals surface area contributed by atoms with Crippen molar-refractivity contribution in [2.75, 3.05) is 31.3 Å². The molecule has 1 saturated heterocycles. The Bertz CT molecular complexity index is 1850. The van der Waals surface area contributed by atoms with E-state index in [4.69, 9.17) is 42.1 Å². The Morgan fingerprint density at radius 1 is 0.978 bits per heavy atom. The quantitative estimate of drug-likeness (QED) is 0.0592. The number of thioether (sulfide) groups is 1. The van der Waals surface area contributed by atoms with Gasteiger partial charge in [0.2, 0.25) is 5.13 Å². The van der Waals surface area contributed by atoms with Crippen molar-refractivity contribution in [1.82, 2.24) is 10.2 Å². The zero-order valence-electron chi connectivity index (χ0n) is 24.6. The van der Waals surface area contributed by atoms with Crippen molar-refractivity contribution in [2.24, 2.45) is 0 Å². The van der Waals surface area contributed by atoms with Gasteiger partial charge >= 0.3 is 5.91 Å². The van der Waals surface area contributed by atoms with Gasteiger partial charge in [-0.25, -0.2) is 0 Å². The maximum atomic E-state index is 13.7. The zero-order valence-corrected chi connectivity index (χ0v) is 27.8. The number of fused-ring (bicyclic) bond motifs is 1. The number of ether oxygens (including phenoxy) is 4. The van der Waals surface area contributed by atoms with Crippen LogP contribution in [0.1, 0.15) is 36.6 Å². The molecule has 1 fully saturated rings. The number of benzene rings is 3. The standard InChI is InChI=1S/C32H27Cl2N3O7S2/c1-3-41-22-9-6-17(13-24(22)42-4-2)27-26(28(38)18-7-10-23-25(14-18)44-12-11-43-23)29(39)30(40)37(27)31-35-36-32(46-31)45-16-19-5-8-20(33)15-21(19)34/h5-10,13-15,27,38H,3-4,11-12,16H2,1-2H3/b28-26+/t27-/m0/s1. The Kier molecular flexibility index (Phi) is 9.60. The smallest absolute Gasteiger partial charge is 0.301 e. The number of aliphatic hydroxyl groups is 1. The van der Waals surface area contributed by atoms with Gasteiger partial charge in [-0.05, 0) is 67.4 Å². The minimum Gasteiger partial charge on any atom is -0.507 e. The summed E-state index contributed by atoms with van der Waals surface area (Å²) >= 11 is 14.9. The molecule has 0 unspecified atom stereocenters. The van der Waals surface area contributed by atoms with Gasteiger partial charge in [0.15, 0.2) is 27.3 Å². The van der Waals surface area contributed by atoms with Crippen LogP contribution in [0.2, 0.25) is 10.0 Å². The average Bonchev–Trinajstić information content (AvgIpc) is 3.62. The van der Waals surface area contributed by atoms with Crippen LogP contribution in [-0.4, -0.2) is 53.4 Å². The number of carbonyl (C=O) groups is 2. The second kappa shape index (κ2) is 13.8.